The highest BCUT2D eigenvalue weighted by molar-refractivity contribution is 6.32. The van der Waals surface area contributed by atoms with Gasteiger partial charge in [0.05, 0.1) is 30.1 Å². The Morgan fingerprint density at radius 2 is 2.07 bits per heavy atom. The van der Waals surface area contributed by atoms with Crippen LogP contribution in [0.25, 0.3) is 0 Å². The van der Waals surface area contributed by atoms with Gasteiger partial charge < -0.3 is 10.1 Å². The van der Waals surface area contributed by atoms with Crippen LogP contribution < -0.4 is 20.0 Å². The van der Waals surface area contributed by atoms with E-state index in [4.69, 9.17) is 21.3 Å². The first kappa shape index (κ1) is 19.6. The second-order valence-electron chi connectivity index (χ2n) is 7.19. The minimum Gasteiger partial charge on any atom is -0.493 e. The summed E-state index contributed by atoms with van der Waals surface area (Å²) in [7, 11) is 3.33. The molecule has 1 aliphatic carbocycles. The van der Waals surface area contributed by atoms with Crippen LogP contribution in [-0.2, 0) is 0 Å². The molecule has 1 saturated carbocycles. The SMILES string of the molecule is CCN1C(=O)N(C)c2cnc(Nc3cccc(Cl)c3OC)nc2N1C1CCCC1. The molecule has 154 valence electrons. The molecule has 1 fully saturated rings. The van der Waals surface area contributed by atoms with Gasteiger partial charge in [-0.2, -0.15) is 4.98 Å². The number of urea groups is 1. The number of hydrogen-bond donors (Lipinski definition) is 1. The van der Waals surface area contributed by atoms with Gasteiger partial charge in [-0.05, 0) is 31.9 Å². The molecule has 1 aliphatic heterocycles. The topological polar surface area (TPSA) is 73.8 Å². The number of amides is 2. The third-order valence-electron chi connectivity index (χ3n) is 5.48. The lowest BCUT2D eigenvalue weighted by molar-refractivity contribution is 0.191. The molecule has 8 nitrogen and oxygen atoms in total. The Morgan fingerprint density at radius 1 is 1.31 bits per heavy atom. The molecule has 0 atom stereocenters. The smallest absolute Gasteiger partial charge is 0.343 e. The first-order chi connectivity index (χ1) is 14.0. The number of fused-ring (bicyclic) bond motifs is 1. The number of hydrogen-bond acceptors (Lipinski definition) is 6. The highest BCUT2D eigenvalue weighted by atomic mass is 35.5. The van der Waals surface area contributed by atoms with Crippen LogP contribution in [0.2, 0.25) is 5.02 Å². The summed E-state index contributed by atoms with van der Waals surface area (Å²) >= 11 is 6.23. The number of halogens is 1. The zero-order valence-electron chi connectivity index (χ0n) is 16.9. The monoisotopic (exact) mass is 416 g/mol. The highest BCUT2D eigenvalue weighted by Gasteiger charge is 2.39. The normalized spacial score (nSPS) is 17.0. The Morgan fingerprint density at radius 3 is 2.76 bits per heavy atom. The van der Waals surface area contributed by atoms with E-state index in [1.807, 2.05) is 19.1 Å². The molecule has 2 aromatic rings. The summed E-state index contributed by atoms with van der Waals surface area (Å²) < 4.78 is 5.41. The van der Waals surface area contributed by atoms with Crippen molar-refractivity contribution in [2.24, 2.45) is 0 Å². The second kappa shape index (κ2) is 7.94. The second-order valence-corrected chi connectivity index (χ2v) is 7.60. The number of carbonyl (C=O) groups is 1. The van der Waals surface area contributed by atoms with E-state index >= 15 is 0 Å². The van der Waals surface area contributed by atoms with Crippen LogP contribution in [0.15, 0.2) is 24.4 Å². The number of para-hydroxylation sites is 1. The van der Waals surface area contributed by atoms with Gasteiger partial charge >= 0.3 is 6.03 Å². The number of anilines is 4. The predicted octanol–water partition coefficient (Wildman–Crippen LogP) is 4.44. The minimum absolute atomic E-state index is 0.0623. The maximum atomic E-state index is 12.9. The summed E-state index contributed by atoms with van der Waals surface area (Å²) in [6.07, 6.45) is 6.10. The van der Waals surface area contributed by atoms with Gasteiger partial charge in [0.25, 0.3) is 0 Å². The molecule has 4 rings (SSSR count). The van der Waals surface area contributed by atoms with Crippen LogP contribution >= 0.6 is 11.6 Å². The van der Waals surface area contributed by atoms with Crippen molar-refractivity contribution in [2.45, 2.75) is 38.6 Å². The van der Waals surface area contributed by atoms with Crippen LogP contribution in [0, 0.1) is 0 Å². The molecule has 1 N–H and O–H groups in total. The van der Waals surface area contributed by atoms with Gasteiger partial charge in [-0.3, -0.25) is 9.91 Å². The van der Waals surface area contributed by atoms with Crippen molar-refractivity contribution in [3.05, 3.63) is 29.4 Å². The minimum atomic E-state index is -0.0623. The standard InChI is InChI=1S/C20H25ClN6O2/c1-4-26-20(28)25(2)16-12-22-19(23-15-11-7-10-14(21)17(15)29-3)24-18(16)27(26)13-8-5-6-9-13/h7,10-13H,4-6,8-9H2,1-3H3,(H,22,23,24). The molecule has 0 saturated heterocycles. The average Bonchev–Trinajstić information content (AvgIpc) is 3.25. The van der Waals surface area contributed by atoms with Crippen molar-refractivity contribution >= 4 is 40.8 Å². The number of methoxy groups -OCH3 is 1. The van der Waals surface area contributed by atoms with Crippen molar-refractivity contribution in [3.63, 3.8) is 0 Å². The van der Waals surface area contributed by atoms with Crippen molar-refractivity contribution in [3.8, 4) is 5.75 Å². The lowest BCUT2D eigenvalue weighted by atomic mass is 10.2. The Balaban J connectivity index is 1.75. The summed E-state index contributed by atoms with van der Waals surface area (Å²) in [5, 5.41) is 7.54. The lowest BCUT2D eigenvalue weighted by Crippen LogP contribution is -2.59. The third kappa shape index (κ3) is 3.42. The molecule has 29 heavy (non-hydrogen) atoms. The van der Waals surface area contributed by atoms with Gasteiger partial charge in [-0.15, -0.1) is 0 Å². The maximum absolute atomic E-state index is 12.9. The number of aromatic nitrogens is 2. The third-order valence-corrected chi connectivity index (χ3v) is 5.78. The van der Waals surface area contributed by atoms with E-state index in [0.717, 1.165) is 31.5 Å². The Labute approximate surface area is 175 Å². The number of carbonyl (C=O) groups excluding carboxylic acids is 1. The van der Waals surface area contributed by atoms with Crippen molar-refractivity contribution in [1.29, 1.82) is 0 Å². The summed E-state index contributed by atoms with van der Waals surface area (Å²) in [4.78, 5) is 23.7. The number of nitrogens with one attached hydrogen (secondary N) is 1. The van der Waals surface area contributed by atoms with E-state index in [1.165, 1.54) is 0 Å². The van der Waals surface area contributed by atoms with E-state index in [2.05, 4.69) is 15.3 Å². The summed E-state index contributed by atoms with van der Waals surface area (Å²) in [5.74, 6) is 1.69. The quantitative estimate of drug-likeness (QED) is 0.776. The highest BCUT2D eigenvalue weighted by Crippen LogP contribution is 2.39. The zero-order valence-corrected chi connectivity index (χ0v) is 17.6. The Kier molecular flexibility index (Phi) is 5.36. The van der Waals surface area contributed by atoms with E-state index in [1.54, 1.807) is 36.3 Å². The molecule has 1 aromatic carbocycles. The summed E-state index contributed by atoms with van der Waals surface area (Å²) in [5.41, 5.74) is 1.38. The van der Waals surface area contributed by atoms with Crippen LogP contribution in [0.4, 0.5) is 27.9 Å². The summed E-state index contributed by atoms with van der Waals surface area (Å²) in [6, 6.07) is 5.65. The number of nitrogens with zero attached hydrogens (tertiary/aromatic N) is 5. The van der Waals surface area contributed by atoms with Gasteiger partial charge in [0.1, 0.15) is 5.69 Å². The molecule has 9 heteroatoms. The van der Waals surface area contributed by atoms with Gasteiger partial charge in [-0.25, -0.2) is 14.8 Å². The van der Waals surface area contributed by atoms with E-state index in [0.29, 0.717) is 34.6 Å². The Bertz CT molecular complexity index is 918. The summed E-state index contributed by atoms with van der Waals surface area (Å²) in [6.45, 7) is 2.56. The van der Waals surface area contributed by atoms with Crippen LogP contribution in [0.3, 0.4) is 0 Å². The van der Waals surface area contributed by atoms with E-state index in [-0.39, 0.29) is 12.1 Å². The molecule has 0 bridgehead atoms. The number of hydrazine groups is 1. The molecule has 1 aromatic heterocycles. The van der Waals surface area contributed by atoms with Gasteiger partial charge in [0.15, 0.2) is 11.6 Å². The average molecular weight is 417 g/mol. The molecule has 0 unspecified atom stereocenters. The molecule has 2 amide bonds. The Hall–Kier alpha value is -2.74. The zero-order chi connectivity index (χ0) is 20.5. The molecule has 0 spiro atoms. The fourth-order valence-corrected chi connectivity index (χ4v) is 4.31. The molecular weight excluding hydrogens is 392 g/mol. The van der Waals surface area contributed by atoms with Crippen LogP contribution in [0.5, 0.6) is 5.75 Å². The van der Waals surface area contributed by atoms with Crippen molar-refractivity contribution in [1.82, 2.24) is 15.0 Å². The number of ether oxygens (including phenoxy) is 1. The number of benzene rings is 1. The first-order valence-corrected chi connectivity index (χ1v) is 10.2. The first-order valence-electron chi connectivity index (χ1n) is 9.86. The largest absolute Gasteiger partial charge is 0.493 e. The van der Waals surface area contributed by atoms with Crippen LogP contribution in [-0.4, -0.2) is 47.8 Å². The predicted molar refractivity (Wildman–Crippen MR) is 114 cm³/mol. The van der Waals surface area contributed by atoms with Crippen molar-refractivity contribution in [2.75, 3.05) is 35.9 Å². The molecule has 2 heterocycles. The molecular formula is C20H25ClN6O2. The lowest BCUT2D eigenvalue weighted by Gasteiger charge is -2.45. The van der Waals surface area contributed by atoms with Crippen molar-refractivity contribution < 1.29 is 9.53 Å². The molecule has 0 radical (unpaired) electrons. The van der Waals surface area contributed by atoms with E-state index < -0.39 is 0 Å². The number of rotatable bonds is 5. The van der Waals surface area contributed by atoms with E-state index in [9.17, 15) is 4.79 Å². The fraction of sp³-hybridized carbons (Fsp3) is 0.450. The van der Waals surface area contributed by atoms with Gasteiger partial charge in [-0.1, -0.05) is 30.5 Å². The molecule has 2 aliphatic rings. The van der Waals surface area contributed by atoms with Crippen LogP contribution in [0.1, 0.15) is 32.6 Å². The fourth-order valence-electron chi connectivity index (χ4n) is 4.06. The van der Waals surface area contributed by atoms with Gasteiger partial charge in [0, 0.05) is 13.6 Å². The maximum Gasteiger partial charge on any atom is 0.343 e. The van der Waals surface area contributed by atoms with Gasteiger partial charge in [0.2, 0.25) is 5.95 Å².